The number of amides is 1. The van der Waals surface area contributed by atoms with Crippen LogP contribution in [-0.4, -0.2) is 25.5 Å². The number of carbonyl (C=O) groups excluding carboxylic acids is 1. The Morgan fingerprint density at radius 3 is 2.60 bits per heavy atom. The van der Waals surface area contributed by atoms with Crippen LogP contribution in [0.3, 0.4) is 0 Å². The van der Waals surface area contributed by atoms with E-state index in [4.69, 9.17) is 0 Å². The maximum Gasteiger partial charge on any atom is 0.435 e. The molecular weight excluding hydrogens is 335 g/mol. The highest BCUT2D eigenvalue weighted by atomic mass is 19.4. The molecule has 1 saturated carbocycles. The first-order chi connectivity index (χ1) is 11.8. The van der Waals surface area contributed by atoms with E-state index in [1.54, 1.807) is 6.07 Å². The molecule has 1 aliphatic rings. The number of alkyl halides is 3. The van der Waals surface area contributed by atoms with Crippen LogP contribution >= 0.6 is 0 Å². The van der Waals surface area contributed by atoms with E-state index >= 15 is 0 Å². The van der Waals surface area contributed by atoms with Gasteiger partial charge in [-0.05, 0) is 32.8 Å². The Morgan fingerprint density at radius 2 is 2.00 bits per heavy atom. The Labute approximate surface area is 143 Å². The zero-order valence-electron chi connectivity index (χ0n) is 14.0. The lowest BCUT2D eigenvalue weighted by atomic mass is 10.2. The number of nitrogens with one attached hydrogen (secondary N) is 1. The van der Waals surface area contributed by atoms with E-state index in [0.717, 1.165) is 48.3 Å². The first-order valence-corrected chi connectivity index (χ1v) is 8.25. The molecule has 136 valence electrons. The molecule has 0 unspecified atom stereocenters. The standard InChI is InChI=1S/C16H20F3N5O/c1-10-9-14(24(21-10)12-5-3-4-6-12)20-15(25)11(2)23-8-7-13(22-23)16(17,18)19/h7-9,11-12H,3-6H2,1-2H3,(H,20,25)/t11-/m1/s1. The summed E-state index contributed by atoms with van der Waals surface area (Å²) in [6.07, 6.45) is 0.898. The summed E-state index contributed by atoms with van der Waals surface area (Å²) in [6.45, 7) is 3.35. The van der Waals surface area contributed by atoms with Gasteiger partial charge < -0.3 is 5.32 Å². The molecule has 0 radical (unpaired) electrons. The fourth-order valence-electron chi connectivity index (χ4n) is 3.09. The predicted molar refractivity (Wildman–Crippen MR) is 85.0 cm³/mol. The van der Waals surface area contributed by atoms with E-state index in [1.165, 1.54) is 6.92 Å². The summed E-state index contributed by atoms with van der Waals surface area (Å²) in [5.74, 6) is 0.139. The van der Waals surface area contributed by atoms with Crippen molar-refractivity contribution in [3.63, 3.8) is 0 Å². The van der Waals surface area contributed by atoms with Crippen molar-refractivity contribution >= 4 is 11.7 Å². The maximum absolute atomic E-state index is 12.7. The van der Waals surface area contributed by atoms with E-state index in [2.05, 4.69) is 15.5 Å². The number of rotatable bonds is 4. The summed E-state index contributed by atoms with van der Waals surface area (Å²) in [5.41, 5.74) is -0.229. The number of aryl methyl sites for hydroxylation is 1. The third kappa shape index (κ3) is 3.69. The lowest BCUT2D eigenvalue weighted by molar-refractivity contribution is -0.141. The highest BCUT2D eigenvalue weighted by Crippen LogP contribution is 2.32. The minimum Gasteiger partial charge on any atom is -0.309 e. The number of halogens is 3. The molecule has 0 saturated heterocycles. The van der Waals surface area contributed by atoms with Crippen LogP contribution in [0.15, 0.2) is 18.3 Å². The molecule has 2 aromatic rings. The molecular formula is C16H20F3N5O. The molecule has 6 nitrogen and oxygen atoms in total. The highest BCUT2D eigenvalue weighted by molar-refractivity contribution is 5.92. The zero-order valence-corrected chi connectivity index (χ0v) is 14.0. The van der Waals surface area contributed by atoms with E-state index in [9.17, 15) is 18.0 Å². The maximum atomic E-state index is 12.7. The fourth-order valence-corrected chi connectivity index (χ4v) is 3.09. The lowest BCUT2D eigenvalue weighted by Gasteiger charge is -2.17. The topological polar surface area (TPSA) is 64.7 Å². The molecule has 9 heteroatoms. The molecule has 1 aliphatic carbocycles. The summed E-state index contributed by atoms with van der Waals surface area (Å²) >= 11 is 0. The summed E-state index contributed by atoms with van der Waals surface area (Å²) in [5, 5.41) is 10.7. The van der Waals surface area contributed by atoms with Crippen LogP contribution in [0.25, 0.3) is 0 Å². The van der Waals surface area contributed by atoms with Gasteiger partial charge in [0.15, 0.2) is 5.69 Å². The van der Waals surface area contributed by atoms with Gasteiger partial charge in [0, 0.05) is 12.3 Å². The van der Waals surface area contributed by atoms with Crippen LogP contribution in [-0.2, 0) is 11.0 Å². The Morgan fingerprint density at radius 1 is 1.32 bits per heavy atom. The molecule has 1 atom stereocenters. The average Bonchev–Trinajstić information content (AvgIpc) is 3.25. The number of anilines is 1. The van der Waals surface area contributed by atoms with Crippen molar-refractivity contribution in [2.45, 2.75) is 57.8 Å². The Balaban J connectivity index is 1.75. The molecule has 1 fully saturated rings. The molecule has 0 aliphatic heterocycles. The smallest absolute Gasteiger partial charge is 0.309 e. The average molecular weight is 355 g/mol. The fraction of sp³-hybridized carbons (Fsp3) is 0.562. The van der Waals surface area contributed by atoms with Gasteiger partial charge >= 0.3 is 6.18 Å². The van der Waals surface area contributed by atoms with Crippen molar-refractivity contribution < 1.29 is 18.0 Å². The molecule has 0 aromatic carbocycles. The second-order valence-electron chi connectivity index (χ2n) is 6.40. The Hall–Kier alpha value is -2.32. The minimum atomic E-state index is -4.53. The molecule has 1 N–H and O–H groups in total. The van der Waals surface area contributed by atoms with Gasteiger partial charge in [-0.2, -0.15) is 23.4 Å². The first-order valence-electron chi connectivity index (χ1n) is 8.25. The third-order valence-electron chi connectivity index (χ3n) is 4.45. The SMILES string of the molecule is Cc1cc(NC(=O)[C@@H](C)n2ccc(C(F)(F)F)n2)n(C2CCCC2)n1. The normalized spacial score (nSPS) is 17.0. The predicted octanol–water partition coefficient (Wildman–Crippen LogP) is 3.72. The molecule has 25 heavy (non-hydrogen) atoms. The number of carbonyl (C=O) groups is 1. The van der Waals surface area contributed by atoms with Crippen LogP contribution in [0.5, 0.6) is 0 Å². The van der Waals surface area contributed by atoms with Crippen LogP contribution in [0, 0.1) is 6.92 Å². The van der Waals surface area contributed by atoms with Crippen molar-refractivity contribution in [3.05, 3.63) is 29.7 Å². The summed E-state index contributed by atoms with van der Waals surface area (Å²) in [4.78, 5) is 12.5. The van der Waals surface area contributed by atoms with Gasteiger partial charge in [0.2, 0.25) is 5.91 Å². The second-order valence-corrected chi connectivity index (χ2v) is 6.40. The monoisotopic (exact) mass is 355 g/mol. The van der Waals surface area contributed by atoms with Crippen molar-refractivity contribution in [1.82, 2.24) is 19.6 Å². The van der Waals surface area contributed by atoms with Crippen molar-refractivity contribution in [2.75, 3.05) is 5.32 Å². The van der Waals surface area contributed by atoms with E-state index in [0.29, 0.717) is 5.82 Å². The number of nitrogens with zero attached hydrogens (tertiary/aromatic N) is 4. The summed E-state index contributed by atoms with van der Waals surface area (Å²) in [6, 6.07) is 2.01. The van der Waals surface area contributed by atoms with Gasteiger partial charge in [0.25, 0.3) is 0 Å². The van der Waals surface area contributed by atoms with Crippen LogP contribution < -0.4 is 5.32 Å². The first kappa shape index (κ1) is 17.5. The number of hydrogen-bond donors (Lipinski definition) is 1. The lowest BCUT2D eigenvalue weighted by Crippen LogP contribution is -2.26. The van der Waals surface area contributed by atoms with Gasteiger partial charge in [-0.1, -0.05) is 12.8 Å². The van der Waals surface area contributed by atoms with Crippen LogP contribution in [0.2, 0.25) is 0 Å². The molecule has 3 rings (SSSR count). The van der Waals surface area contributed by atoms with Gasteiger partial charge in [-0.3, -0.25) is 9.48 Å². The van der Waals surface area contributed by atoms with E-state index < -0.39 is 23.8 Å². The number of aromatic nitrogens is 4. The van der Waals surface area contributed by atoms with Crippen molar-refractivity contribution in [3.8, 4) is 0 Å². The van der Waals surface area contributed by atoms with Crippen LogP contribution in [0.1, 0.15) is 56.1 Å². The Bertz CT molecular complexity index is 758. The van der Waals surface area contributed by atoms with Crippen molar-refractivity contribution in [1.29, 1.82) is 0 Å². The van der Waals surface area contributed by atoms with Gasteiger partial charge in [-0.25, -0.2) is 4.68 Å². The highest BCUT2D eigenvalue weighted by Gasteiger charge is 2.34. The summed E-state index contributed by atoms with van der Waals surface area (Å²) < 4.78 is 40.8. The minimum absolute atomic E-state index is 0.251. The Kier molecular flexibility index (Phi) is 4.57. The molecule has 2 aromatic heterocycles. The largest absolute Gasteiger partial charge is 0.435 e. The molecule has 2 heterocycles. The van der Waals surface area contributed by atoms with Gasteiger partial charge in [-0.15, -0.1) is 0 Å². The van der Waals surface area contributed by atoms with Crippen molar-refractivity contribution in [2.24, 2.45) is 0 Å². The molecule has 0 bridgehead atoms. The van der Waals surface area contributed by atoms with E-state index in [-0.39, 0.29) is 6.04 Å². The zero-order chi connectivity index (χ0) is 18.2. The quantitative estimate of drug-likeness (QED) is 0.909. The van der Waals surface area contributed by atoms with E-state index in [1.807, 2.05) is 11.6 Å². The second kappa shape index (κ2) is 6.53. The van der Waals surface area contributed by atoms with Crippen LogP contribution in [0.4, 0.5) is 19.0 Å². The molecule has 0 spiro atoms. The summed E-state index contributed by atoms with van der Waals surface area (Å²) in [7, 11) is 0. The van der Waals surface area contributed by atoms with Gasteiger partial charge in [0.05, 0.1) is 11.7 Å². The third-order valence-corrected chi connectivity index (χ3v) is 4.45. The number of hydrogen-bond acceptors (Lipinski definition) is 3. The molecule has 1 amide bonds. The van der Waals surface area contributed by atoms with Gasteiger partial charge in [0.1, 0.15) is 11.9 Å².